The van der Waals surface area contributed by atoms with E-state index in [0.717, 1.165) is 11.4 Å². The highest BCUT2D eigenvalue weighted by molar-refractivity contribution is 6.29. The molecule has 2 aromatic heterocycles. The minimum Gasteiger partial charge on any atom is -0.293 e. The topological polar surface area (TPSA) is 72.7 Å². The van der Waals surface area contributed by atoms with Crippen LogP contribution in [0.3, 0.4) is 0 Å². The van der Waals surface area contributed by atoms with Gasteiger partial charge in [0.1, 0.15) is 11.7 Å². The van der Waals surface area contributed by atoms with Gasteiger partial charge < -0.3 is 0 Å². The van der Waals surface area contributed by atoms with Gasteiger partial charge in [-0.1, -0.05) is 11.6 Å². The third kappa shape index (κ3) is 3.51. The molecule has 7 heteroatoms. The molecule has 0 bridgehead atoms. The summed E-state index contributed by atoms with van der Waals surface area (Å²) in [6, 6.07) is 3.53. The summed E-state index contributed by atoms with van der Waals surface area (Å²) < 4.78 is 1.63. The van der Waals surface area contributed by atoms with E-state index in [9.17, 15) is 4.79 Å². The van der Waals surface area contributed by atoms with Gasteiger partial charge in [-0.2, -0.15) is 5.10 Å². The van der Waals surface area contributed by atoms with Crippen molar-refractivity contribution in [2.75, 3.05) is 5.32 Å². The molecule has 0 atom stereocenters. The lowest BCUT2D eigenvalue weighted by molar-refractivity contribution is -0.117. The molecule has 0 aliphatic heterocycles. The van der Waals surface area contributed by atoms with Crippen LogP contribution < -0.4 is 5.32 Å². The number of carbonyl (C=O) groups excluding carboxylic acids is 1. The number of aryl methyl sites for hydroxylation is 3. The molecule has 0 aliphatic carbocycles. The van der Waals surface area contributed by atoms with E-state index in [-0.39, 0.29) is 18.4 Å². The Kier molecular flexibility index (Phi) is 3.80. The number of amides is 1. The van der Waals surface area contributed by atoms with Crippen LogP contribution >= 0.6 is 11.6 Å². The lowest BCUT2D eigenvalue weighted by Gasteiger charge is -2.06. The SMILES string of the molecule is Cc1cc(Cl)nc(NC(=O)Cn2nc(C)cc2C)n1. The second-order valence-corrected chi connectivity index (χ2v) is 4.68. The second kappa shape index (κ2) is 5.36. The Morgan fingerprint density at radius 1 is 1.26 bits per heavy atom. The smallest absolute Gasteiger partial charge is 0.248 e. The van der Waals surface area contributed by atoms with Crippen LogP contribution in [0.2, 0.25) is 5.15 Å². The van der Waals surface area contributed by atoms with Crippen molar-refractivity contribution in [2.45, 2.75) is 27.3 Å². The average molecular weight is 280 g/mol. The van der Waals surface area contributed by atoms with Gasteiger partial charge in [-0.05, 0) is 32.9 Å². The Bertz CT molecular complexity index is 602. The number of rotatable bonds is 3. The molecule has 0 aliphatic rings. The fourth-order valence-corrected chi connectivity index (χ4v) is 1.96. The van der Waals surface area contributed by atoms with E-state index in [1.807, 2.05) is 19.9 Å². The van der Waals surface area contributed by atoms with E-state index < -0.39 is 0 Å². The van der Waals surface area contributed by atoms with Gasteiger partial charge in [-0.25, -0.2) is 9.97 Å². The minimum absolute atomic E-state index is 0.120. The van der Waals surface area contributed by atoms with Gasteiger partial charge in [-0.3, -0.25) is 14.8 Å². The van der Waals surface area contributed by atoms with E-state index in [2.05, 4.69) is 20.4 Å². The third-order valence-electron chi connectivity index (χ3n) is 2.47. The quantitative estimate of drug-likeness (QED) is 0.871. The third-order valence-corrected chi connectivity index (χ3v) is 2.66. The summed E-state index contributed by atoms with van der Waals surface area (Å²) in [5.74, 6) is -0.0376. The normalized spacial score (nSPS) is 10.5. The van der Waals surface area contributed by atoms with Crippen LogP contribution in [-0.4, -0.2) is 25.7 Å². The lowest BCUT2D eigenvalue weighted by atomic mass is 10.4. The molecule has 100 valence electrons. The molecule has 0 radical (unpaired) electrons. The molecular weight excluding hydrogens is 266 g/mol. The molecule has 0 unspecified atom stereocenters. The van der Waals surface area contributed by atoms with Crippen LogP contribution in [0.15, 0.2) is 12.1 Å². The number of aromatic nitrogens is 4. The molecule has 6 nitrogen and oxygen atoms in total. The van der Waals surface area contributed by atoms with Gasteiger partial charge in [-0.15, -0.1) is 0 Å². The summed E-state index contributed by atoms with van der Waals surface area (Å²) >= 11 is 5.80. The predicted octanol–water partition coefficient (Wildman–Crippen LogP) is 1.89. The molecule has 0 aromatic carbocycles. The van der Waals surface area contributed by atoms with E-state index >= 15 is 0 Å². The standard InChI is InChI=1S/C12H14ClN5O/c1-7-5-10(13)15-12(14-7)16-11(19)6-18-9(3)4-8(2)17-18/h4-5H,6H2,1-3H3,(H,14,15,16,19). The van der Waals surface area contributed by atoms with Gasteiger partial charge in [0.25, 0.3) is 0 Å². The molecule has 19 heavy (non-hydrogen) atoms. The number of nitrogens with one attached hydrogen (secondary N) is 1. The maximum atomic E-state index is 11.9. The molecule has 2 aromatic rings. The highest BCUT2D eigenvalue weighted by Crippen LogP contribution is 2.09. The number of nitrogens with zero attached hydrogens (tertiary/aromatic N) is 4. The zero-order chi connectivity index (χ0) is 14.0. The van der Waals surface area contributed by atoms with E-state index in [1.165, 1.54) is 0 Å². The maximum Gasteiger partial charge on any atom is 0.248 e. The number of halogens is 1. The van der Waals surface area contributed by atoms with E-state index in [4.69, 9.17) is 11.6 Å². The summed E-state index contributed by atoms with van der Waals surface area (Å²) in [5, 5.41) is 7.12. The van der Waals surface area contributed by atoms with Crippen LogP contribution in [0.5, 0.6) is 0 Å². The molecule has 0 saturated heterocycles. The van der Waals surface area contributed by atoms with Crippen LogP contribution in [0.4, 0.5) is 5.95 Å². The van der Waals surface area contributed by atoms with Crippen molar-refractivity contribution in [3.05, 3.63) is 34.4 Å². The monoisotopic (exact) mass is 279 g/mol. The van der Waals surface area contributed by atoms with E-state index in [0.29, 0.717) is 10.8 Å². The Hall–Kier alpha value is -1.95. The fraction of sp³-hybridized carbons (Fsp3) is 0.333. The second-order valence-electron chi connectivity index (χ2n) is 4.29. The molecule has 0 saturated carbocycles. The molecular formula is C12H14ClN5O. The molecule has 0 fully saturated rings. The zero-order valence-electron chi connectivity index (χ0n) is 10.9. The van der Waals surface area contributed by atoms with Gasteiger partial charge in [0.2, 0.25) is 11.9 Å². The van der Waals surface area contributed by atoms with Crippen LogP contribution in [0, 0.1) is 20.8 Å². The summed E-state index contributed by atoms with van der Waals surface area (Å²) in [6.45, 7) is 5.68. The molecule has 2 rings (SSSR count). The van der Waals surface area contributed by atoms with Gasteiger partial charge in [0.05, 0.1) is 5.69 Å². The average Bonchev–Trinajstić information content (AvgIpc) is 2.55. The largest absolute Gasteiger partial charge is 0.293 e. The Labute approximate surface area is 115 Å². The van der Waals surface area contributed by atoms with Crippen molar-refractivity contribution in [3.63, 3.8) is 0 Å². The van der Waals surface area contributed by atoms with Crippen molar-refractivity contribution in [1.29, 1.82) is 0 Å². The van der Waals surface area contributed by atoms with Crippen LogP contribution in [0.1, 0.15) is 17.1 Å². The number of carbonyl (C=O) groups is 1. The molecule has 1 amide bonds. The number of hydrogen-bond donors (Lipinski definition) is 1. The fourth-order valence-electron chi connectivity index (χ4n) is 1.72. The summed E-state index contributed by atoms with van der Waals surface area (Å²) in [7, 11) is 0. The van der Waals surface area contributed by atoms with Crippen molar-refractivity contribution >= 4 is 23.5 Å². The van der Waals surface area contributed by atoms with Crippen molar-refractivity contribution in [2.24, 2.45) is 0 Å². The van der Waals surface area contributed by atoms with Gasteiger partial charge in [0, 0.05) is 11.4 Å². The molecule has 2 heterocycles. The molecule has 0 spiro atoms. The van der Waals surface area contributed by atoms with Gasteiger partial charge >= 0.3 is 0 Å². The van der Waals surface area contributed by atoms with E-state index in [1.54, 1.807) is 17.7 Å². The first-order valence-electron chi connectivity index (χ1n) is 5.76. The minimum atomic E-state index is -0.243. The first-order valence-corrected chi connectivity index (χ1v) is 6.14. The first-order chi connectivity index (χ1) is 8.94. The first kappa shape index (κ1) is 13.5. The highest BCUT2D eigenvalue weighted by atomic mass is 35.5. The summed E-state index contributed by atoms with van der Waals surface area (Å²) in [4.78, 5) is 19.9. The zero-order valence-corrected chi connectivity index (χ0v) is 11.7. The van der Waals surface area contributed by atoms with Gasteiger partial charge in [0.15, 0.2) is 0 Å². The summed E-state index contributed by atoms with van der Waals surface area (Å²) in [6.07, 6.45) is 0. The van der Waals surface area contributed by atoms with Crippen LogP contribution in [0.25, 0.3) is 0 Å². The van der Waals surface area contributed by atoms with Crippen molar-refractivity contribution in [1.82, 2.24) is 19.7 Å². The van der Waals surface area contributed by atoms with Crippen molar-refractivity contribution < 1.29 is 4.79 Å². The lowest BCUT2D eigenvalue weighted by Crippen LogP contribution is -2.21. The van der Waals surface area contributed by atoms with Crippen LogP contribution in [-0.2, 0) is 11.3 Å². The Morgan fingerprint density at radius 2 is 2.00 bits per heavy atom. The Balaban J connectivity index is 2.07. The number of anilines is 1. The Morgan fingerprint density at radius 3 is 2.58 bits per heavy atom. The maximum absolute atomic E-state index is 11.9. The predicted molar refractivity (Wildman–Crippen MR) is 72.1 cm³/mol. The molecule has 1 N–H and O–H groups in total. The summed E-state index contributed by atoms with van der Waals surface area (Å²) in [5.41, 5.74) is 2.50. The van der Waals surface area contributed by atoms with Crippen molar-refractivity contribution in [3.8, 4) is 0 Å². The highest BCUT2D eigenvalue weighted by Gasteiger charge is 2.09. The number of hydrogen-bond acceptors (Lipinski definition) is 4.